The lowest BCUT2D eigenvalue weighted by Crippen LogP contribution is -2.41. The van der Waals surface area contributed by atoms with Crippen LogP contribution in [0, 0.1) is 0 Å². The van der Waals surface area contributed by atoms with Crippen LogP contribution in [0.4, 0.5) is 0 Å². The van der Waals surface area contributed by atoms with Crippen LogP contribution in [-0.4, -0.2) is 18.8 Å². The van der Waals surface area contributed by atoms with Gasteiger partial charge in [0, 0.05) is 24.1 Å². The van der Waals surface area contributed by atoms with E-state index in [1.165, 1.54) is 5.56 Å². The quantitative estimate of drug-likeness (QED) is 0.879. The Kier molecular flexibility index (Phi) is 4.35. The van der Waals surface area contributed by atoms with Crippen molar-refractivity contribution in [3.8, 4) is 11.5 Å². The molecule has 1 aromatic carbocycles. The average Bonchev–Trinajstić information content (AvgIpc) is 2.39. The molecule has 1 aromatic rings. The maximum Gasteiger partial charge on any atom is 0.128 e. The van der Waals surface area contributed by atoms with E-state index in [9.17, 15) is 0 Å². The Morgan fingerprint density at radius 3 is 2.79 bits per heavy atom. The molecule has 0 spiro atoms. The number of nitrogens with one attached hydrogen (secondary N) is 1. The van der Waals surface area contributed by atoms with Crippen LogP contribution in [-0.2, 0) is 0 Å². The summed E-state index contributed by atoms with van der Waals surface area (Å²) in [6, 6.07) is 6.55. The number of hydrogen-bond acceptors (Lipinski definition) is 3. The van der Waals surface area contributed by atoms with Crippen molar-refractivity contribution in [2.75, 3.05) is 13.2 Å². The van der Waals surface area contributed by atoms with Crippen molar-refractivity contribution in [1.29, 1.82) is 0 Å². The van der Waals surface area contributed by atoms with E-state index in [1.807, 2.05) is 19.1 Å². The van der Waals surface area contributed by atoms with Gasteiger partial charge in [-0.15, -0.1) is 0 Å². The molecule has 3 nitrogen and oxygen atoms in total. The van der Waals surface area contributed by atoms with Gasteiger partial charge in [-0.2, -0.15) is 0 Å². The van der Waals surface area contributed by atoms with E-state index in [4.69, 9.17) is 9.47 Å². The summed E-state index contributed by atoms with van der Waals surface area (Å²) in [5.74, 6) is 1.85. The van der Waals surface area contributed by atoms with Crippen LogP contribution in [0.1, 0.15) is 52.1 Å². The van der Waals surface area contributed by atoms with Gasteiger partial charge in [-0.05, 0) is 32.9 Å². The molecule has 1 aliphatic rings. The van der Waals surface area contributed by atoms with Gasteiger partial charge in [-0.25, -0.2) is 0 Å². The first-order chi connectivity index (χ1) is 9.11. The molecular weight excluding hydrogens is 238 g/mol. The van der Waals surface area contributed by atoms with Gasteiger partial charge in [0.2, 0.25) is 0 Å². The summed E-state index contributed by atoms with van der Waals surface area (Å²) in [6.45, 7) is 10.2. The molecule has 0 amide bonds. The molecule has 1 N–H and O–H groups in total. The van der Waals surface area contributed by atoms with E-state index in [0.717, 1.165) is 30.9 Å². The fourth-order valence-corrected chi connectivity index (χ4v) is 2.64. The Bertz CT molecular complexity index is 433. The largest absolute Gasteiger partial charge is 0.494 e. The molecule has 3 heteroatoms. The van der Waals surface area contributed by atoms with Gasteiger partial charge in [-0.1, -0.05) is 19.9 Å². The summed E-state index contributed by atoms with van der Waals surface area (Å²) in [7, 11) is 0. The van der Waals surface area contributed by atoms with Crippen molar-refractivity contribution < 1.29 is 9.47 Å². The smallest absolute Gasteiger partial charge is 0.128 e. The first-order valence-electron chi connectivity index (χ1n) is 7.31. The molecule has 19 heavy (non-hydrogen) atoms. The van der Waals surface area contributed by atoms with Gasteiger partial charge in [0.15, 0.2) is 0 Å². The highest BCUT2D eigenvalue weighted by atomic mass is 16.5. The van der Waals surface area contributed by atoms with Crippen molar-refractivity contribution >= 4 is 0 Å². The second-order valence-electron chi connectivity index (χ2n) is 5.35. The van der Waals surface area contributed by atoms with Crippen LogP contribution in [0.15, 0.2) is 18.2 Å². The van der Waals surface area contributed by atoms with Crippen LogP contribution >= 0.6 is 0 Å². The number of ether oxygens (including phenoxy) is 2. The highest BCUT2D eigenvalue weighted by molar-refractivity contribution is 5.44. The predicted octanol–water partition coefficient (Wildman–Crippen LogP) is 3.69. The van der Waals surface area contributed by atoms with E-state index in [-0.39, 0.29) is 5.60 Å². The number of fused-ring (bicyclic) bond motifs is 1. The number of hydrogen-bond donors (Lipinski definition) is 1. The fraction of sp³-hybridized carbons (Fsp3) is 0.625. The average molecular weight is 263 g/mol. The zero-order chi connectivity index (χ0) is 13.9. The summed E-state index contributed by atoms with van der Waals surface area (Å²) >= 11 is 0. The molecule has 2 unspecified atom stereocenters. The fourth-order valence-electron chi connectivity index (χ4n) is 2.64. The Morgan fingerprint density at radius 1 is 1.37 bits per heavy atom. The molecular formula is C16H25NO2. The van der Waals surface area contributed by atoms with Gasteiger partial charge >= 0.3 is 0 Å². The van der Waals surface area contributed by atoms with E-state index in [0.29, 0.717) is 12.6 Å². The van der Waals surface area contributed by atoms with Crippen molar-refractivity contribution in [3.05, 3.63) is 23.8 Å². The van der Waals surface area contributed by atoms with Crippen LogP contribution in [0.5, 0.6) is 11.5 Å². The van der Waals surface area contributed by atoms with E-state index in [2.05, 4.69) is 32.2 Å². The van der Waals surface area contributed by atoms with E-state index in [1.54, 1.807) is 0 Å². The molecule has 0 fully saturated rings. The first kappa shape index (κ1) is 14.2. The predicted molar refractivity (Wildman–Crippen MR) is 78.0 cm³/mol. The van der Waals surface area contributed by atoms with Crippen LogP contribution in [0.2, 0.25) is 0 Å². The lowest BCUT2D eigenvalue weighted by molar-refractivity contribution is 0.0442. The Hall–Kier alpha value is -1.22. The Labute approximate surface area is 116 Å². The Balaban J connectivity index is 2.34. The third-order valence-corrected chi connectivity index (χ3v) is 3.86. The second-order valence-corrected chi connectivity index (χ2v) is 5.35. The third kappa shape index (κ3) is 3.03. The van der Waals surface area contributed by atoms with Crippen molar-refractivity contribution in [2.45, 2.75) is 52.2 Å². The monoisotopic (exact) mass is 263 g/mol. The molecule has 0 aromatic heterocycles. The van der Waals surface area contributed by atoms with Crippen LogP contribution in [0.25, 0.3) is 0 Å². The molecule has 1 aliphatic heterocycles. The van der Waals surface area contributed by atoms with Crippen LogP contribution < -0.4 is 14.8 Å². The van der Waals surface area contributed by atoms with Gasteiger partial charge in [-0.3, -0.25) is 0 Å². The Morgan fingerprint density at radius 2 is 2.16 bits per heavy atom. The zero-order valence-corrected chi connectivity index (χ0v) is 12.5. The lowest BCUT2D eigenvalue weighted by atomic mass is 9.86. The minimum atomic E-state index is -0.0926. The summed E-state index contributed by atoms with van der Waals surface area (Å²) in [4.78, 5) is 0. The zero-order valence-electron chi connectivity index (χ0n) is 12.5. The van der Waals surface area contributed by atoms with Gasteiger partial charge < -0.3 is 14.8 Å². The standard InChI is InChI=1S/C16H25NO2/c1-5-16(4)11-14(17-6-2)13-9-8-12(18-7-3)10-15(13)19-16/h8-10,14,17H,5-7,11H2,1-4H3. The molecule has 0 saturated heterocycles. The van der Waals surface area contributed by atoms with Gasteiger partial charge in [0.1, 0.15) is 17.1 Å². The highest BCUT2D eigenvalue weighted by Crippen LogP contribution is 2.42. The maximum absolute atomic E-state index is 6.21. The number of rotatable bonds is 5. The van der Waals surface area contributed by atoms with Crippen molar-refractivity contribution in [2.24, 2.45) is 0 Å². The second kappa shape index (κ2) is 5.83. The topological polar surface area (TPSA) is 30.5 Å². The third-order valence-electron chi connectivity index (χ3n) is 3.86. The van der Waals surface area contributed by atoms with Crippen molar-refractivity contribution in [3.63, 3.8) is 0 Å². The SMILES string of the molecule is CCNC1CC(C)(CC)Oc2cc(OCC)ccc21. The normalized spacial score (nSPS) is 25.6. The minimum Gasteiger partial charge on any atom is -0.494 e. The number of benzene rings is 1. The van der Waals surface area contributed by atoms with E-state index < -0.39 is 0 Å². The summed E-state index contributed by atoms with van der Waals surface area (Å²) < 4.78 is 11.8. The summed E-state index contributed by atoms with van der Waals surface area (Å²) in [5, 5.41) is 3.56. The minimum absolute atomic E-state index is 0.0926. The molecule has 0 aliphatic carbocycles. The van der Waals surface area contributed by atoms with Gasteiger partial charge in [0.25, 0.3) is 0 Å². The van der Waals surface area contributed by atoms with Gasteiger partial charge in [0.05, 0.1) is 6.61 Å². The highest BCUT2D eigenvalue weighted by Gasteiger charge is 2.35. The van der Waals surface area contributed by atoms with Crippen LogP contribution in [0.3, 0.4) is 0 Å². The molecule has 1 heterocycles. The first-order valence-corrected chi connectivity index (χ1v) is 7.31. The molecule has 106 valence electrons. The maximum atomic E-state index is 6.21. The molecule has 0 saturated carbocycles. The van der Waals surface area contributed by atoms with Crippen molar-refractivity contribution in [1.82, 2.24) is 5.32 Å². The molecule has 2 atom stereocenters. The summed E-state index contributed by atoms with van der Waals surface area (Å²) in [5.41, 5.74) is 1.15. The molecule has 0 radical (unpaired) electrons. The molecule has 0 bridgehead atoms. The summed E-state index contributed by atoms with van der Waals surface area (Å²) in [6.07, 6.45) is 2.02. The lowest BCUT2D eigenvalue weighted by Gasteiger charge is -2.40. The van der Waals surface area contributed by atoms with E-state index >= 15 is 0 Å². The molecule has 2 rings (SSSR count).